The molecule has 4 heteroatoms. The van der Waals surface area contributed by atoms with Gasteiger partial charge in [0.05, 0.1) is 6.61 Å². The molecule has 1 fully saturated rings. The van der Waals surface area contributed by atoms with Crippen LogP contribution < -0.4 is 10.1 Å². The summed E-state index contributed by atoms with van der Waals surface area (Å²) >= 11 is 6.09. The number of nitrogens with zero attached hydrogens (tertiary/aromatic N) is 1. The van der Waals surface area contributed by atoms with Gasteiger partial charge in [-0.05, 0) is 63.5 Å². The first-order chi connectivity index (χ1) is 10.3. The molecule has 1 N–H and O–H groups in total. The molecule has 0 spiro atoms. The molecule has 0 unspecified atom stereocenters. The zero-order chi connectivity index (χ0) is 14.9. The van der Waals surface area contributed by atoms with E-state index in [1.165, 1.54) is 25.9 Å². The van der Waals surface area contributed by atoms with Crippen LogP contribution in [0.3, 0.4) is 0 Å². The largest absolute Gasteiger partial charge is 0.493 e. The molecule has 2 rings (SSSR count). The molecule has 0 amide bonds. The number of nitrogens with one attached hydrogen (secondary N) is 1. The average Bonchev–Trinajstić information content (AvgIpc) is 2.99. The Kier molecular flexibility index (Phi) is 7.34. The Balaban J connectivity index is 1.77. The van der Waals surface area contributed by atoms with Crippen molar-refractivity contribution in [3.05, 3.63) is 28.8 Å². The van der Waals surface area contributed by atoms with Crippen molar-refractivity contribution in [2.75, 3.05) is 32.8 Å². The highest BCUT2D eigenvalue weighted by molar-refractivity contribution is 6.30. The Morgan fingerprint density at radius 1 is 1.29 bits per heavy atom. The zero-order valence-corrected chi connectivity index (χ0v) is 13.8. The number of rotatable bonds is 9. The molecule has 21 heavy (non-hydrogen) atoms. The number of halogens is 1. The van der Waals surface area contributed by atoms with Crippen molar-refractivity contribution in [2.24, 2.45) is 0 Å². The highest BCUT2D eigenvalue weighted by atomic mass is 35.5. The van der Waals surface area contributed by atoms with Crippen LogP contribution in [-0.4, -0.2) is 37.7 Å². The predicted octanol–water partition coefficient (Wildman–Crippen LogP) is 3.70. The number of benzene rings is 1. The molecule has 1 saturated heterocycles. The van der Waals surface area contributed by atoms with Crippen LogP contribution in [0.4, 0.5) is 0 Å². The zero-order valence-electron chi connectivity index (χ0n) is 13.0. The van der Waals surface area contributed by atoms with Crippen molar-refractivity contribution in [1.29, 1.82) is 0 Å². The fourth-order valence-electron chi connectivity index (χ4n) is 2.70. The maximum absolute atomic E-state index is 6.09. The lowest BCUT2D eigenvalue weighted by molar-refractivity contribution is 0.261. The van der Waals surface area contributed by atoms with Gasteiger partial charge in [0.25, 0.3) is 0 Å². The van der Waals surface area contributed by atoms with Gasteiger partial charge in [0.1, 0.15) is 5.75 Å². The minimum atomic E-state index is 0.771. The highest BCUT2D eigenvalue weighted by Crippen LogP contribution is 2.23. The summed E-state index contributed by atoms with van der Waals surface area (Å²) < 4.78 is 5.96. The third-order valence-corrected chi connectivity index (χ3v) is 4.07. The molecule has 0 aromatic heterocycles. The van der Waals surface area contributed by atoms with Crippen LogP contribution in [0, 0.1) is 0 Å². The quantitative estimate of drug-likeness (QED) is 0.704. The topological polar surface area (TPSA) is 24.5 Å². The molecule has 118 valence electrons. The van der Waals surface area contributed by atoms with Crippen LogP contribution in [0.25, 0.3) is 0 Å². The van der Waals surface area contributed by atoms with E-state index in [9.17, 15) is 0 Å². The summed E-state index contributed by atoms with van der Waals surface area (Å²) in [7, 11) is 0. The van der Waals surface area contributed by atoms with Gasteiger partial charge in [0, 0.05) is 23.7 Å². The summed E-state index contributed by atoms with van der Waals surface area (Å²) in [6.07, 6.45) is 4.92. The lowest BCUT2D eigenvalue weighted by atomic mass is 10.2. The summed E-state index contributed by atoms with van der Waals surface area (Å²) in [6.45, 7) is 8.44. The van der Waals surface area contributed by atoms with Crippen LogP contribution in [0.1, 0.15) is 38.2 Å². The first kappa shape index (κ1) is 16.6. The normalized spacial score (nSPS) is 15.5. The van der Waals surface area contributed by atoms with E-state index in [1.54, 1.807) is 0 Å². The monoisotopic (exact) mass is 310 g/mol. The summed E-state index contributed by atoms with van der Waals surface area (Å²) in [4.78, 5) is 2.52. The molecule has 1 heterocycles. The molecule has 1 aromatic rings. The van der Waals surface area contributed by atoms with E-state index < -0.39 is 0 Å². The fraction of sp³-hybridized carbons (Fsp3) is 0.647. The third-order valence-electron chi connectivity index (χ3n) is 3.84. The second-order valence-electron chi connectivity index (χ2n) is 5.68. The Labute approximate surface area is 133 Å². The van der Waals surface area contributed by atoms with E-state index in [0.29, 0.717) is 0 Å². The van der Waals surface area contributed by atoms with E-state index in [4.69, 9.17) is 16.3 Å². The minimum Gasteiger partial charge on any atom is -0.493 e. The van der Waals surface area contributed by atoms with Crippen LogP contribution >= 0.6 is 11.6 Å². The third kappa shape index (κ3) is 5.85. The van der Waals surface area contributed by atoms with Crippen molar-refractivity contribution >= 4 is 11.6 Å². The SMILES string of the molecule is CCCNCc1cc(Cl)ccc1OCCCN1CCCC1. The van der Waals surface area contributed by atoms with Crippen molar-refractivity contribution in [3.63, 3.8) is 0 Å². The molecular formula is C17H27ClN2O. The van der Waals surface area contributed by atoms with Gasteiger partial charge in [-0.15, -0.1) is 0 Å². The van der Waals surface area contributed by atoms with E-state index in [1.807, 2.05) is 18.2 Å². The Morgan fingerprint density at radius 3 is 2.86 bits per heavy atom. The van der Waals surface area contributed by atoms with Crippen LogP contribution in [0.5, 0.6) is 5.75 Å². The smallest absolute Gasteiger partial charge is 0.123 e. The first-order valence-electron chi connectivity index (χ1n) is 8.14. The van der Waals surface area contributed by atoms with Crippen molar-refractivity contribution in [1.82, 2.24) is 10.2 Å². The van der Waals surface area contributed by atoms with E-state index in [-0.39, 0.29) is 0 Å². The molecule has 1 aliphatic rings. The highest BCUT2D eigenvalue weighted by Gasteiger charge is 2.11. The van der Waals surface area contributed by atoms with E-state index in [2.05, 4.69) is 17.1 Å². The summed E-state index contributed by atoms with van der Waals surface area (Å²) in [5.74, 6) is 0.962. The summed E-state index contributed by atoms with van der Waals surface area (Å²) in [6, 6.07) is 5.89. The fourth-order valence-corrected chi connectivity index (χ4v) is 2.90. The number of hydrogen-bond donors (Lipinski definition) is 1. The number of likely N-dealkylation sites (tertiary alicyclic amines) is 1. The maximum atomic E-state index is 6.09. The molecule has 0 radical (unpaired) electrons. The van der Waals surface area contributed by atoms with E-state index >= 15 is 0 Å². The standard InChI is InChI=1S/C17H27ClN2O/c1-2-8-19-14-15-13-16(18)6-7-17(15)21-12-5-11-20-9-3-4-10-20/h6-7,13,19H,2-5,8-12,14H2,1H3. The van der Waals surface area contributed by atoms with Crippen molar-refractivity contribution in [3.8, 4) is 5.75 Å². The van der Waals surface area contributed by atoms with Gasteiger partial charge in [-0.1, -0.05) is 18.5 Å². The van der Waals surface area contributed by atoms with Gasteiger partial charge in [0.2, 0.25) is 0 Å². The molecular weight excluding hydrogens is 284 g/mol. The lowest BCUT2D eigenvalue weighted by Crippen LogP contribution is -2.22. The van der Waals surface area contributed by atoms with Crippen molar-refractivity contribution in [2.45, 2.75) is 39.2 Å². The second kappa shape index (κ2) is 9.29. The second-order valence-corrected chi connectivity index (χ2v) is 6.12. The number of ether oxygens (including phenoxy) is 1. The van der Waals surface area contributed by atoms with E-state index in [0.717, 1.165) is 55.4 Å². The van der Waals surface area contributed by atoms with Crippen LogP contribution in [-0.2, 0) is 6.54 Å². The molecule has 0 saturated carbocycles. The van der Waals surface area contributed by atoms with Crippen LogP contribution in [0.15, 0.2) is 18.2 Å². The van der Waals surface area contributed by atoms with Crippen molar-refractivity contribution < 1.29 is 4.74 Å². The van der Waals surface area contributed by atoms with Gasteiger partial charge >= 0.3 is 0 Å². The summed E-state index contributed by atoms with van der Waals surface area (Å²) in [5.41, 5.74) is 1.15. The van der Waals surface area contributed by atoms with Gasteiger partial charge < -0.3 is 15.0 Å². The first-order valence-corrected chi connectivity index (χ1v) is 8.51. The Hall–Kier alpha value is -0.770. The number of hydrogen-bond acceptors (Lipinski definition) is 3. The van der Waals surface area contributed by atoms with Crippen LogP contribution in [0.2, 0.25) is 5.02 Å². The Bertz CT molecular complexity index is 419. The Morgan fingerprint density at radius 2 is 2.10 bits per heavy atom. The average molecular weight is 311 g/mol. The predicted molar refractivity (Wildman–Crippen MR) is 89.2 cm³/mol. The molecule has 3 nitrogen and oxygen atoms in total. The molecule has 1 aromatic carbocycles. The molecule has 0 aliphatic carbocycles. The minimum absolute atomic E-state index is 0.771. The lowest BCUT2D eigenvalue weighted by Gasteiger charge is -2.16. The maximum Gasteiger partial charge on any atom is 0.123 e. The molecule has 1 aliphatic heterocycles. The van der Waals surface area contributed by atoms with Gasteiger partial charge in [-0.25, -0.2) is 0 Å². The molecule has 0 bridgehead atoms. The van der Waals surface area contributed by atoms with Gasteiger partial charge in [-0.3, -0.25) is 0 Å². The molecule has 0 atom stereocenters. The van der Waals surface area contributed by atoms with Gasteiger partial charge in [0.15, 0.2) is 0 Å². The summed E-state index contributed by atoms with van der Waals surface area (Å²) in [5, 5.41) is 4.18. The van der Waals surface area contributed by atoms with Gasteiger partial charge in [-0.2, -0.15) is 0 Å².